The summed E-state index contributed by atoms with van der Waals surface area (Å²) in [5.74, 6) is 8.90. The maximum atomic E-state index is 14.0. The fourth-order valence-electron chi connectivity index (χ4n) is 4.71. The molecule has 4 rings (SSSR count). The number of benzene rings is 3. The van der Waals surface area contributed by atoms with Crippen molar-refractivity contribution in [2.24, 2.45) is 0 Å². The molecule has 1 aliphatic heterocycles. The van der Waals surface area contributed by atoms with Gasteiger partial charge in [0.1, 0.15) is 29.7 Å². The second-order valence-corrected chi connectivity index (χ2v) is 8.58. The zero-order valence-electron chi connectivity index (χ0n) is 21.1. The fraction of sp³-hybridized carbons (Fsp3) is 0.258. The zero-order valence-corrected chi connectivity index (χ0v) is 21.1. The van der Waals surface area contributed by atoms with Crippen LogP contribution < -0.4 is 14.8 Å². The Morgan fingerprint density at radius 2 is 1.51 bits per heavy atom. The van der Waals surface area contributed by atoms with Crippen LogP contribution in [0.1, 0.15) is 29.5 Å². The number of amides is 1. The number of hydrogen-bond acceptors (Lipinski definition) is 5. The van der Waals surface area contributed by atoms with Gasteiger partial charge in [0.2, 0.25) is 5.91 Å². The van der Waals surface area contributed by atoms with E-state index in [1.165, 1.54) is 0 Å². The number of carbonyl (C=O) groups is 1. The Kier molecular flexibility index (Phi) is 8.48. The van der Waals surface area contributed by atoms with Crippen LogP contribution in [0.25, 0.3) is 0 Å². The summed E-state index contributed by atoms with van der Waals surface area (Å²) < 4.78 is 10.8. The van der Waals surface area contributed by atoms with Crippen LogP contribution in [0.2, 0.25) is 0 Å². The summed E-state index contributed by atoms with van der Waals surface area (Å²) >= 11 is 0. The molecule has 0 saturated carbocycles. The molecule has 0 spiro atoms. The summed E-state index contributed by atoms with van der Waals surface area (Å²) in [6.07, 6.45) is 6.71. The largest absolute Gasteiger partial charge is 0.497 e. The van der Waals surface area contributed by atoms with Gasteiger partial charge in [-0.05, 0) is 65.6 Å². The molecular weight excluding hydrogens is 464 g/mol. The zero-order chi connectivity index (χ0) is 26.1. The molecule has 1 saturated heterocycles. The molecule has 3 aromatic rings. The van der Waals surface area contributed by atoms with Crippen molar-refractivity contribution in [3.8, 4) is 35.7 Å². The van der Waals surface area contributed by atoms with Crippen molar-refractivity contribution in [3.05, 3.63) is 95.6 Å². The average molecular weight is 495 g/mol. The van der Waals surface area contributed by atoms with E-state index in [0.717, 1.165) is 34.6 Å². The van der Waals surface area contributed by atoms with Crippen LogP contribution >= 0.6 is 0 Å². The predicted molar refractivity (Wildman–Crippen MR) is 143 cm³/mol. The van der Waals surface area contributed by atoms with Crippen molar-refractivity contribution in [3.63, 3.8) is 0 Å². The Balaban J connectivity index is 1.79. The van der Waals surface area contributed by atoms with E-state index < -0.39 is 11.6 Å². The molecule has 0 radical (unpaired) electrons. The van der Waals surface area contributed by atoms with Gasteiger partial charge in [0.15, 0.2) is 0 Å². The topological polar surface area (TPSA) is 60.0 Å². The third-order valence-corrected chi connectivity index (χ3v) is 6.53. The second kappa shape index (κ2) is 12.1. The summed E-state index contributed by atoms with van der Waals surface area (Å²) in [5.41, 5.74) is 1.73. The minimum atomic E-state index is -0.978. The van der Waals surface area contributed by atoms with E-state index in [-0.39, 0.29) is 12.5 Å². The Bertz CT molecular complexity index is 1240. The maximum absolute atomic E-state index is 14.0. The minimum Gasteiger partial charge on any atom is -0.497 e. The number of carbonyl (C=O) groups excluding carboxylic acids is 1. The molecular formula is C31H30N2O4. The number of hydrogen-bond donors (Lipinski definition) is 1. The lowest BCUT2D eigenvalue weighted by Gasteiger charge is -2.38. The van der Waals surface area contributed by atoms with E-state index in [0.29, 0.717) is 13.0 Å². The van der Waals surface area contributed by atoms with Gasteiger partial charge in [0.05, 0.1) is 14.2 Å². The van der Waals surface area contributed by atoms with E-state index >= 15 is 0 Å². The lowest BCUT2D eigenvalue weighted by Crippen LogP contribution is -2.53. The quantitative estimate of drug-likeness (QED) is 0.358. The monoisotopic (exact) mass is 494 g/mol. The number of methoxy groups -OCH3 is 2. The van der Waals surface area contributed by atoms with Gasteiger partial charge in [-0.2, -0.15) is 5.06 Å². The molecule has 0 bridgehead atoms. The van der Waals surface area contributed by atoms with Crippen LogP contribution in [0.5, 0.6) is 11.5 Å². The van der Waals surface area contributed by atoms with Crippen molar-refractivity contribution in [1.29, 1.82) is 0 Å². The van der Waals surface area contributed by atoms with Crippen LogP contribution in [-0.4, -0.2) is 44.4 Å². The Morgan fingerprint density at radius 3 is 2.05 bits per heavy atom. The summed E-state index contributed by atoms with van der Waals surface area (Å²) in [5, 5.41) is 5.12. The first-order valence-corrected chi connectivity index (χ1v) is 12.1. The predicted octanol–water partition coefficient (Wildman–Crippen LogP) is 4.14. The third kappa shape index (κ3) is 5.62. The highest BCUT2D eigenvalue weighted by Gasteiger charge is 2.42. The van der Waals surface area contributed by atoms with Gasteiger partial charge >= 0.3 is 0 Å². The first-order chi connectivity index (χ1) is 18.1. The summed E-state index contributed by atoms with van der Waals surface area (Å²) in [7, 11) is 3.26. The van der Waals surface area contributed by atoms with Crippen LogP contribution in [0.3, 0.4) is 0 Å². The number of ether oxygens (including phenoxy) is 2. The highest BCUT2D eigenvalue weighted by Crippen LogP contribution is 2.39. The van der Waals surface area contributed by atoms with Crippen LogP contribution in [0, 0.1) is 24.2 Å². The molecule has 6 heteroatoms. The number of terminal acetylenes is 1. The molecule has 0 aromatic heterocycles. The molecule has 1 fully saturated rings. The van der Waals surface area contributed by atoms with Gasteiger partial charge in [-0.25, -0.2) is 0 Å². The number of hydroxylamine groups is 2. The van der Waals surface area contributed by atoms with Gasteiger partial charge < -0.3 is 14.8 Å². The van der Waals surface area contributed by atoms with Crippen molar-refractivity contribution in [1.82, 2.24) is 10.4 Å². The molecule has 3 aromatic carbocycles. The number of rotatable bonds is 9. The van der Waals surface area contributed by atoms with Crippen molar-refractivity contribution in [2.75, 3.05) is 27.4 Å². The molecule has 6 nitrogen and oxygen atoms in total. The van der Waals surface area contributed by atoms with Crippen LogP contribution in [0.4, 0.5) is 0 Å². The van der Waals surface area contributed by atoms with E-state index in [9.17, 15) is 4.79 Å². The Labute approximate surface area is 218 Å². The Hall–Kier alpha value is -4.23. The second-order valence-electron chi connectivity index (χ2n) is 8.58. The smallest absolute Gasteiger partial charge is 0.240 e. The SMILES string of the molecule is C#CC#CCON1CCC[C@H]1C(=O)NC(c1ccccc1)(c1ccc(OC)cc1)c1ccc(OC)cc1. The fourth-order valence-corrected chi connectivity index (χ4v) is 4.71. The standard InChI is InChI=1S/C31H30N2O4/c1-4-5-9-23-37-33-22-10-13-29(33)30(34)32-31(24-11-7-6-8-12-24,25-14-18-27(35-2)19-15-25)26-16-20-28(36-3)21-17-26/h1,6-8,11-12,14-21,29H,10,13,22-23H2,2-3H3,(H,32,34)/t29-/m0/s1. The van der Waals surface area contributed by atoms with Gasteiger partial charge in [0.25, 0.3) is 0 Å². The van der Waals surface area contributed by atoms with Gasteiger partial charge in [0, 0.05) is 6.54 Å². The molecule has 1 atom stereocenters. The molecule has 1 aliphatic rings. The molecule has 1 heterocycles. The molecule has 37 heavy (non-hydrogen) atoms. The first-order valence-electron chi connectivity index (χ1n) is 12.1. The average Bonchev–Trinajstić information content (AvgIpc) is 3.43. The lowest BCUT2D eigenvalue weighted by atomic mass is 9.76. The van der Waals surface area contributed by atoms with Crippen LogP contribution in [0.15, 0.2) is 78.9 Å². The number of nitrogens with zero attached hydrogens (tertiary/aromatic N) is 1. The molecule has 0 aliphatic carbocycles. The highest BCUT2D eigenvalue weighted by molar-refractivity contribution is 5.84. The number of nitrogens with one attached hydrogen (secondary N) is 1. The van der Waals surface area contributed by atoms with Gasteiger partial charge in [-0.3, -0.25) is 9.63 Å². The first kappa shape index (κ1) is 25.9. The molecule has 0 unspecified atom stereocenters. The van der Waals surface area contributed by atoms with E-state index in [4.69, 9.17) is 20.7 Å². The van der Waals surface area contributed by atoms with E-state index in [1.54, 1.807) is 19.3 Å². The minimum absolute atomic E-state index is 0.134. The summed E-state index contributed by atoms with van der Waals surface area (Å²) in [6.45, 7) is 0.772. The van der Waals surface area contributed by atoms with E-state index in [1.807, 2.05) is 78.9 Å². The molecule has 188 valence electrons. The normalized spacial score (nSPS) is 15.2. The summed E-state index contributed by atoms with van der Waals surface area (Å²) in [4.78, 5) is 19.8. The lowest BCUT2D eigenvalue weighted by molar-refractivity contribution is -0.169. The van der Waals surface area contributed by atoms with Crippen molar-refractivity contribution in [2.45, 2.75) is 24.4 Å². The third-order valence-electron chi connectivity index (χ3n) is 6.53. The molecule has 1 amide bonds. The van der Waals surface area contributed by atoms with Crippen molar-refractivity contribution >= 4 is 5.91 Å². The Morgan fingerprint density at radius 1 is 0.946 bits per heavy atom. The maximum Gasteiger partial charge on any atom is 0.240 e. The summed E-state index contributed by atoms with van der Waals surface area (Å²) in [6, 6.07) is 25.0. The van der Waals surface area contributed by atoms with E-state index in [2.05, 4.69) is 23.1 Å². The van der Waals surface area contributed by atoms with Gasteiger partial charge in [-0.1, -0.05) is 60.5 Å². The van der Waals surface area contributed by atoms with Gasteiger partial charge in [-0.15, -0.1) is 6.42 Å². The van der Waals surface area contributed by atoms with Crippen LogP contribution in [-0.2, 0) is 15.2 Å². The van der Waals surface area contributed by atoms with Crippen molar-refractivity contribution < 1.29 is 19.1 Å². The molecule has 1 N–H and O–H groups in total. The highest BCUT2D eigenvalue weighted by atomic mass is 16.7.